The third-order valence-corrected chi connectivity index (χ3v) is 2.87. The van der Waals surface area contributed by atoms with E-state index >= 15 is 0 Å². The van der Waals surface area contributed by atoms with Crippen LogP contribution in [0.25, 0.3) is 11.4 Å². The zero-order chi connectivity index (χ0) is 14.9. The van der Waals surface area contributed by atoms with E-state index in [1.54, 1.807) is 7.05 Å². The van der Waals surface area contributed by atoms with Crippen LogP contribution >= 0.6 is 0 Å². The molecule has 0 saturated heterocycles. The molecule has 0 aliphatic rings. The first-order chi connectivity index (χ1) is 9.29. The van der Waals surface area contributed by atoms with E-state index in [1.165, 1.54) is 12.1 Å². The molecule has 106 valence electrons. The summed E-state index contributed by atoms with van der Waals surface area (Å²) in [6, 6.07) is 5.11. The van der Waals surface area contributed by atoms with E-state index < -0.39 is 11.6 Å². The zero-order valence-corrected chi connectivity index (χ0v) is 12.0. The number of rotatable bonds is 2. The maximum Gasteiger partial charge on any atom is 0.161 e. The van der Waals surface area contributed by atoms with Gasteiger partial charge in [-0.1, -0.05) is 20.8 Å². The van der Waals surface area contributed by atoms with Crippen molar-refractivity contribution in [2.75, 3.05) is 12.4 Å². The number of nitrogens with zero attached hydrogens (tertiary/aromatic N) is 2. The molecule has 0 spiro atoms. The lowest BCUT2D eigenvalue weighted by Gasteiger charge is -2.19. The van der Waals surface area contributed by atoms with Gasteiger partial charge in [-0.15, -0.1) is 0 Å². The average molecular weight is 277 g/mol. The summed E-state index contributed by atoms with van der Waals surface area (Å²) in [7, 11) is 1.74. The lowest BCUT2D eigenvalue weighted by atomic mass is 9.92. The molecule has 20 heavy (non-hydrogen) atoms. The van der Waals surface area contributed by atoms with Crippen LogP contribution in [0.5, 0.6) is 0 Å². The highest BCUT2D eigenvalue weighted by atomic mass is 19.1. The molecule has 0 unspecified atom stereocenters. The highest BCUT2D eigenvalue weighted by Gasteiger charge is 2.18. The van der Waals surface area contributed by atoms with Gasteiger partial charge in [-0.25, -0.2) is 18.7 Å². The van der Waals surface area contributed by atoms with Crippen molar-refractivity contribution in [3.05, 3.63) is 41.6 Å². The molecule has 0 aliphatic carbocycles. The standard InChI is InChI=1S/C15H17F2N3/c1-15(2,3)12-8-13(18-4)20-14(19-12)9-5-10(16)7-11(17)6-9/h5-8H,1-4H3,(H,18,19,20). The first-order valence-electron chi connectivity index (χ1n) is 6.33. The van der Waals surface area contributed by atoms with Gasteiger partial charge in [0.15, 0.2) is 5.82 Å². The summed E-state index contributed by atoms with van der Waals surface area (Å²) in [5.74, 6) is -0.365. The Balaban J connectivity index is 2.61. The largest absolute Gasteiger partial charge is 0.373 e. The van der Waals surface area contributed by atoms with Crippen LogP contribution in [0.1, 0.15) is 26.5 Å². The quantitative estimate of drug-likeness (QED) is 0.908. The van der Waals surface area contributed by atoms with Gasteiger partial charge in [0, 0.05) is 30.2 Å². The van der Waals surface area contributed by atoms with Crippen LogP contribution in [0, 0.1) is 11.6 Å². The Morgan fingerprint density at radius 3 is 2.05 bits per heavy atom. The lowest BCUT2D eigenvalue weighted by Crippen LogP contribution is -2.15. The Morgan fingerprint density at radius 2 is 1.55 bits per heavy atom. The van der Waals surface area contributed by atoms with Crippen molar-refractivity contribution in [2.45, 2.75) is 26.2 Å². The van der Waals surface area contributed by atoms with E-state index in [0.29, 0.717) is 17.2 Å². The van der Waals surface area contributed by atoms with Crippen molar-refractivity contribution in [1.82, 2.24) is 9.97 Å². The minimum Gasteiger partial charge on any atom is -0.373 e. The van der Waals surface area contributed by atoms with Gasteiger partial charge in [-0.3, -0.25) is 0 Å². The molecular weight excluding hydrogens is 260 g/mol. The Labute approximate surface area is 117 Å². The second-order valence-electron chi connectivity index (χ2n) is 5.62. The van der Waals surface area contributed by atoms with Crippen LogP contribution in [-0.2, 0) is 5.41 Å². The maximum absolute atomic E-state index is 13.3. The van der Waals surface area contributed by atoms with Crippen molar-refractivity contribution < 1.29 is 8.78 Å². The Bertz CT molecular complexity index is 613. The summed E-state index contributed by atoms with van der Waals surface area (Å²) in [4.78, 5) is 8.68. The molecular formula is C15H17F2N3. The molecule has 0 aliphatic heterocycles. The topological polar surface area (TPSA) is 37.8 Å². The van der Waals surface area contributed by atoms with E-state index in [4.69, 9.17) is 0 Å². The van der Waals surface area contributed by atoms with E-state index in [9.17, 15) is 8.78 Å². The summed E-state index contributed by atoms with van der Waals surface area (Å²) < 4.78 is 26.6. The van der Waals surface area contributed by atoms with Gasteiger partial charge in [0.25, 0.3) is 0 Å². The molecule has 3 nitrogen and oxygen atoms in total. The summed E-state index contributed by atoms with van der Waals surface area (Å²) >= 11 is 0. The van der Waals surface area contributed by atoms with Gasteiger partial charge >= 0.3 is 0 Å². The third-order valence-electron chi connectivity index (χ3n) is 2.87. The Morgan fingerprint density at radius 1 is 0.950 bits per heavy atom. The van der Waals surface area contributed by atoms with Crippen LogP contribution in [0.3, 0.4) is 0 Å². The van der Waals surface area contributed by atoms with E-state index in [-0.39, 0.29) is 5.41 Å². The van der Waals surface area contributed by atoms with Crippen LogP contribution in [0.15, 0.2) is 24.3 Å². The lowest BCUT2D eigenvalue weighted by molar-refractivity contribution is 0.567. The molecule has 0 saturated carbocycles. The van der Waals surface area contributed by atoms with Crippen molar-refractivity contribution in [3.63, 3.8) is 0 Å². The van der Waals surface area contributed by atoms with Crippen molar-refractivity contribution in [3.8, 4) is 11.4 Å². The van der Waals surface area contributed by atoms with Crippen molar-refractivity contribution in [1.29, 1.82) is 0 Å². The number of aromatic nitrogens is 2. The fraction of sp³-hybridized carbons (Fsp3) is 0.333. The number of hydrogen-bond donors (Lipinski definition) is 1. The predicted octanol–water partition coefficient (Wildman–Crippen LogP) is 3.76. The Kier molecular flexibility index (Phi) is 3.70. The molecule has 0 radical (unpaired) electrons. The molecule has 0 fully saturated rings. The summed E-state index contributed by atoms with van der Waals surface area (Å²) in [5, 5.41) is 2.94. The zero-order valence-electron chi connectivity index (χ0n) is 12.0. The van der Waals surface area contributed by atoms with Gasteiger partial charge in [0.2, 0.25) is 0 Å². The van der Waals surface area contributed by atoms with E-state index in [1.807, 2.05) is 26.8 Å². The highest BCUT2D eigenvalue weighted by molar-refractivity contribution is 5.58. The van der Waals surface area contributed by atoms with Gasteiger partial charge in [-0.05, 0) is 12.1 Å². The van der Waals surface area contributed by atoms with E-state index in [0.717, 1.165) is 11.8 Å². The van der Waals surface area contributed by atoms with Gasteiger partial charge < -0.3 is 5.32 Å². The molecule has 0 amide bonds. The van der Waals surface area contributed by atoms with Crippen LogP contribution < -0.4 is 5.32 Å². The fourth-order valence-electron chi connectivity index (χ4n) is 1.77. The normalized spacial score (nSPS) is 11.5. The average Bonchev–Trinajstić information content (AvgIpc) is 2.36. The van der Waals surface area contributed by atoms with Gasteiger partial charge in [0.1, 0.15) is 17.5 Å². The van der Waals surface area contributed by atoms with Gasteiger partial charge in [-0.2, -0.15) is 0 Å². The summed E-state index contributed by atoms with van der Waals surface area (Å²) in [5.41, 5.74) is 0.941. The minimum absolute atomic E-state index is 0.185. The molecule has 2 aromatic rings. The number of halogens is 2. The summed E-state index contributed by atoms with van der Waals surface area (Å²) in [6.45, 7) is 6.06. The third kappa shape index (κ3) is 3.10. The Hall–Kier alpha value is -2.04. The van der Waals surface area contributed by atoms with Crippen molar-refractivity contribution >= 4 is 5.82 Å². The molecule has 0 bridgehead atoms. The molecule has 5 heteroatoms. The number of nitrogens with one attached hydrogen (secondary N) is 1. The molecule has 1 aromatic carbocycles. The van der Waals surface area contributed by atoms with Crippen LogP contribution in [-0.4, -0.2) is 17.0 Å². The smallest absolute Gasteiger partial charge is 0.161 e. The molecule has 0 atom stereocenters. The number of anilines is 1. The monoisotopic (exact) mass is 277 g/mol. The SMILES string of the molecule is CNc1cc(C(C)(C)C)nc(-c2cc(F)cc(F)c2)n1. The molecule has 1 N–H and O–H groups in total. The summed E-state index contributed by atoms with van der Waals surface area (Å²) in [6.07, 6.45) is 0. The molecule has 1 heterocycles. The first kappa shape index (κ1) is 14.4. The molecule has 2 rings (SSSR count). The number of benzene rings is 1. The fourth-order valence-corrected chi connectivity index (χ4v) is 1.77. The highest BCUT2D eigenvalue weighted by Crippen LogP contribution is 2.26. The number of hydrogen-bond acceptors (Lipinski definition) is 3. The van der Waals surface area contributed by atoms with Crippen LogP contribution in [0.4, 0.5) is 14.6 Å². The predicted molar refractivity (Wildman–Crippen MR) is 75.6 cm³/mol. The van der Waals surface area contributed by atoms with Crippen molar-refractivity contribution in [2.24, 2.45) is 0 Å². The second kappa shape index (κ2) is 5.15. The van der Waals surface area contributed by atoms with Gasteiger partial charge in [0.05, 0.1) is 5.69 Å². The van der Waals surface area contributed by atoms with Crippen LogP contribution in [0.2, 0.25) is 0 Å². The maximum atomic E-state index is 13.3. The second-order valence-corrected chi connectivity index (χ2v) is 5.62. The molecule has 1 aromatic heterocycles. The minimum atomic E-state index is -0.643. The van der Waals surface area contributed by atoms with E-state index in [2.05, 4.69) is 15.3 Å². The first-order valence-corrected chi connectivity index (χ1v) is 6.33.